The van der Waals surface area contributed by atoms with Crippen molar-refractivity contribution >= 4 is 11.6 Å². The van der Waals surface area contributed by atoms with Gasteiger partial charge in [0.05, 0.1) is 25.9 Å². The zero-order chi connectivity index (χ0) is 19.4. The van der Waals surface area contributed by atoms with Crippen molar-refractivity contribution in [2.45, 2.75) is 37.3 Å². The molecule has 1 heterocycles. The number of halogens is 1. The second-order valence-electron chi connectivity index (χ2n) is 6.80. The third-order valence-corrected chi connectivity index (χ3v) is 5.34. The van der Waals surface area contributed by atoms with Crippen molar-refractivity contribution in [1.29, 1.82) is 0 Å². The lowest BCUT2D eigenvalue weighted by molar-refractivity contribution is -0.298. The first-order valence-corrected chi connectivity index (χ1v) is 9.31. The fraction of sp³-hybridized carbons (Fsp3) is 0.429. The molecular formula is C21H25ClO5. The Morgan fingerprint density at radius 3 is 2.56 bits per heavy atom. The Hall–Kier alpha value is -1.63. The van der Waals surface area contributed by atoms with E-state index in [0.29, 0.717) is 24.3 Å². The number of aliphatic hydroxyl groups is 2. The fourth-order valence-corrected chi connectivity index (χ4v) is 3.70. The lowest BCUT2D eigenvalue weighted by Gasteiger charge is -2.42. The standard InChI is InChI=1S/C21H25ClO5/c1-25-18-6-3-14(4-7-18)9-15-10-16(5-8-20(15)22)21(26-2)12-17(24)11-19(13-23)27-21/h3-8,10,17,19,23-24H,9,11-13H2,1-2H3. The summed E-state index contributed by atoms with van der Waals surface area (Å²) in [6, 6.07) is 13.4. The van der Waals surface area contributed by atoms with Crippen molar-refractivity contribution in [3.05, 3.63) is 64.2 Å². The highest BCUT2D eigenvalue weighted by atomic mass is 35.5. The van der Waals surface area contributed by atoms with E-state index >= 15 is 0 Å². The van der Waals surface area contributed by atoms with Crippen LogP contribution in [-0.2, 0) is 21.7 Å². The molecule has 1 fully saturated rings. The van der Waals surface area contributed by atoms with Crippen LogP contribution in [0.5, 0.6) is 5.75 Å². The van der Waals surface area contributed by atoms with E-state index in [0.717, 1.165) is 22.4 Å². The molecule has 3 atom stereocenters. The van der Waals surface area contributed by atoms with E-state index in [9.17, 15) is 10.2 Å². The van der Waals surface area contributed by atoms with E-state index in [-0.39, 0.29) is 6.61 Å². The van der Waals surface area contributed by atoms with Gasteiger partial charge in [0.1, 0.15) is 5.75 Å². The predicted molar refractivity (Wildman–Crippen MR) is 103 cm³/mol. The molecule has 6 heteroatoms. The fourth-order valence-electron chi connectivity index (χ4n) is 3.52. The van der Waals surface area contributed by atoms with Gasteiger partial charge in [0.15, 0.2) is 5.79 Å². The maximum atomic E-state index is 10.2. The molecule has 0 amide bonds. The molecule has 2 aromatic rings. The molecule has 2 N–H and O–H groups in total. The van der Waals surface area contributed by atoms with Gasteiger partial charge >= 0.3 is 0 Å². The summed E-state index contributed by atoms with van der Waals surface area (Å²) in [6.45, 7) is -0.172. The smallest absolute Gasteiger partial charge is 0.197 e. The van der Waals surface area contributed by atoms with E-state index < -0.39 is 18.0 Å². The van der Waals surface area contributed by atoms with Crippen molar-refractivity contribution in [1.82, 2.24) is 0 Å². The number of rotatable bonds is 6. The number of hydrogen-bond acceptors (Lipinski definition) is 5. The number of hydrogen-bond donors (Lipinski definition) is 2. The van der Waals surface area contributed by atoms with Crippen molar-refractivity contribution in [3.8, 4) is 5.75 Å². The monoisotopic (exact) mass is 392 g/mol. The number of aliphatic hydroxyl groups excluding tert-OH is 2. The highest BCUT2D eigenvalue weighted by molar-refractivity contribution is 6.31. The van der Waals surface area contributed by atoms with Gasteiger partial charge in [0.2, 0.25) is 0 Å². The molecule has 2 aromatic carbocycles. The number of ether oxygens (including phenoxy) is 3. The Balaban J connectivity index is 1.90. The zero-order valence-electron chi connectivity index (χ0n) is 15.5. The summed E-state index contributed by atoms with van der Waals surface area (Å²) in [7, 11) is 3.18. The summed E-state index contributed by atoms with van der Waals surface area (Å²) < 4.78 is 16.9. The lowest BCUT2D eigenvalue weighted by Crippen LogP contribution is -2.46. The molecule has 0 aromatic heterocycles. The van der Waals surface area contributed by atoms with E-state index in [4.69, 9.17) is 25.8 Å². The molecule has 0 bridgehead atoms. The van der Waals surface area contributed by atoms with Gasteiger partial charge in [-0.15, -0.1) is 0 Å². The van der Waals surface area contributed by atoms with E-state index in [1.807, 2.05) is 42.5 Å². The molecule has 1 saturated heterocycles. The van der Waals surface area contributed by atoms with Crippen LogP contribution in [0, 0.1) is 0 Å². The molecule has 1 aliphatic heterocycles. The first-order valence-electron chi connectivity index (χ1n) is 8.93. The summed E-state index contributed by atoms with van der Waals surface area (Å²) >= 11 is 6.42. The molecule has 0 aliphatic carbocycles. The Morgan fingerprint density at radius 2 is 1.93 bits per heavy atom. The van der Waals surface area contributed by atoms with Gasteiger partial charge < -0.3 is 24.4 Å². The molecule has 0 spiro atoms. The number of methoxy groups -OCH3 is 2. The minimum absolute atomic E-state index is 0.172. The van der Waals surface area contributed by atoms with Crippen LogP contribution in [-0.4, -0.2) is 43.2 Å². The Bertz CT molecular complexity index is 764. The average Bonchev–Trinajstić information content (AvgIpc) is 2.69. The zero-order valence-corrected chi connectivity index (χ0v) is 16.3. The van der Waals surface area contributed by atoms with Gasteiger partial charge in [-0.3, -0.25) is 0 Å². The molecule has 1 aliphatic rings. The van der Waals surface area contributed by atoms with Gasteiger partial charge in [0, 0.05) is 30.5 Å². The summed E-state index contributed by atoms with van der Waals surface area (Å²) in [5.41, 5.74) is 2.80. The highest BCUT2D eigenvalue weighted by Crippen LogP contribution is 2.40. The maximum Gasteiger partial charge on any atom is 0.197 e. The minimum atomic E-state index is -1.11. The third-order valence-electron chi connectivity index (χ3n) is 4.97. The molecule has 146 valence electrons. The highest BCUT2D eigenvalue weighted by Gasteiger charge is 2.43. The summed E-state index contributed by atoms with van der Waals surface area (Å²) in [6.07, 6.45) is 0.228. The summed E-state index contributed by atoms with van der Waals surface area (Å²) in [5.74, 6) is -0.304. The van der Waals surface area contributed by atoms with E-state index in [1.165, 1.54) is 0 Å². The van der Waals surface area contributed by atoms with Gasteiger partial charge in [-0.2, -0.15) is 0 Å². The second kappa shape index (κ2) is 8.59. The second-order valence-corrected chi connectivity index (χ2v) is 7.21. The van der Waals surface area contributed by atoms with Crippen molar-refractivity contribution in [2.24, 2.45) is 0 Å². The lowest BCUT2D eigenvalue weighted by atomic mass is 9.91. The van der Waals surface area contributed by atoms with Crippen LogP contribution in [0.1, 0.15) is 29.5 Å². The van der Waals surface area contributed by atoms with Gasteiger partial charge in [0.25, 0.3) is 0 Å². The molecule has 0 radical (unpaired) electrons. The normalized spacial score (nSPS) is 25.4. The quantitative estimate of drug-likeness (QED) is 0.789. The summed E-state index contributed by atoms with van der Waals surface area (Å²) in [5, 5.41) is 20.4. The van der Waals surface area contributed by atoms with Crippen LogP contribution in [0.3, 0.4) is 0 Å². The van der Waals surface area contributed by atoms with Crippen molar-refractivity contribution < 1.29 is 24.4 Å². The van der Waals surface area contributed by atoms with Gasteiger partial charge in [-0.1, -0.05) is 29.8 Å². The van der Waals surface area contributed by atoms with E-state index in [2.05, 4.69) is 0 Å². The first kappa shape index (κ1) is 20.1. The molecule has 27 heavy (non-hydrogen) atoms. The van der Waals surface area contributed by atoms with E-state index in [1.54, 1.807) is 14.2 Å². The Kier molecular flexibility index (Phi) is 6.40. The summed E-state index contributed by atoms with van der Waals surface area (Å²) in [4.78, 5) is 0. The Labute approximate surface area is 164 Å². The topological polar surface area (TPSA) is 68.2 Å². The predicted octanol–water partition coefficient (Wildman–Crippen LogP) is 3.27. The van der Waals surface area contributed by atoms with Crippen LogP contribution in [0.2, 0.25) is 5.02 Å². The maximum absolute atomic E-state index is 10.2. The minimum Gasteiger partial charge on any atom is -0.497 e. The van der Waals surface area contributed by atoms with Crippen molar-refractivity contribution in [3.63, 3.8) is 0 Å². The van der Waals surface area contributed by atoms with Crippen molar-refractivity contribution in [2.75, 3.05) is 20.8 Å². The Morgan fingerprint density at radius 1 is 1.19 bits per heavy atom. The molecule has 3 rings (SSSR count). The third kappa shape index (κ3) is 4.45. The van der Waals surface area contributed by atoms with Gasteiger partial charge in [-0.05, 0) is 41.8 Å². The van der Waals surface area contributed by atoms with Crippen LogP contribution >= 0.6 is 11.6 Å². The van der Waals surface area contributed by atoms with Crippen LogP contribution in [0.25, 0.3) is 0 Å². The largest absolute Gasteiger partial charge is 0.497 e. The van der Waals surface area contributed by atoms with Crippen LogP contribution < -0.4 is 4.74 Å². The molecule has 3 unspecified atom stereocenters. The molecular weight excluding hydrogens is 368 g/mol. The molecule has 5 nitrogen and oxygen atoms in total. The average molecular weight is 393 g/mol. The SMILES string of the molecule is COc1ccc(Cc2cc(C3(OC)CC(O)CC(CO)O3)ccc2Cl)cc1. The van der Waals surface area contributed by atoms with Gasteiger partial charge in [-0.25, -0.2) is 0 Å². The molecule has 0 saturated carbocycles. The first-order chi connectivity index (χ1) is 13.0. The van der Waals surface area contributed by atoms with Crippen LogP contribution in [0.15, 0.2) is 42.5 Å². The van der Waals surface area contributed by atoms with Crippen LogP contribution in [0.4, 0.5) is 0 Å². The number of benzene rings is 2.